The lowest BCUT2D eigenvalue weighted by Crippen LogP contribution is -2.15. The van der Waals surface area contributed by atoms with Gasteiger partial charge in [-0.2, -0.15) is 0 Å². The normalized spacial score (nSPS) is 11.3. The van der Waals surface area contributed by atoms with E-state index < -0.39 is 11.9 Å². The van der Waals surface area contributed by atoms with Gasteiger partial charge in [-0.3, -0.25) is 4.79 Å². The van der Waals surface area contributed by atoms with Crippen LogP contribution in [0, 0.1) is 6.92 Å². The molecular formula is C16H18N2O4. The number of nitrogens with zero attached hydrogens (tertiary/aromatic N) is 1. The molecule has 0 atom stereocenters. The van der Waals surface area contributed by atoms with Gasteiger partial charge in [0, 0.05) is 11.5 Å². The van der Waals surface area contributed by atoms with Crippen LogP contribution in [0.5, 0.6) is 0 Å². The predicted molar refractivity (Wildman–Crippen MR) is 81.3 cm³/mol. The first-order chi connectivity index (χ1) is 10.2. The van der Waals surface area contributed by atoms with Gasteiger partial charge in [0.15, 0.2) is 5.69 Å². The summed E-state index contributed by atoms with van der Waals surface area (Å²) in [5.41, 5.74) is 0.909. The number of nitrogens with one attached hydrogen (secondary N) is 1. The Kier molecular flexibility index (Phi) is 4.03. The third-order valence-electron chi connectivity index (χ3n) is 3.14. The molecule has 6 heteroatoms. The fraction of sp³-hybridized carbons (Fsp3) is 0.312. The lowest BCUT2D eigenvalue weighted by Gasteiger charge is -2.12. The van der Waals surface area contributed by atoms with E-state index in [2.05, 4.69) is 10.5 Å². The van der Waals surface area contributed by atoms with Crippen molar-refractivity contribution in [2.45, 2.75) is 33.1 Å². The molecule has 2 N–H and O–H groups in total. The van der Waals surface area contributed by atoms with Gasteiger partial charge in [0.25, 0.3) is 5.91 Å². The number of benzene rings is 1. The molecule has 0 aliphatic rings. The van der Waals surface area contributed by atoms with Crippen molar-refractivity contribution >= 4 is 17.6 Å². The van der Waals surface area contributed by atoms with Crippen LogP contribution < -0.4 is 5.32 Å². The van der Waals surface area contributed by atoms with Gasteiger partial charge >= 0.3 is 5.97 Å². The van der Waals surface area contributed by atoms with Gasteiger partial charge < -0.3 is 14.9 Å². The smallest absolute Gasteiger partial charge is 0.337 e. The highest BCUT2D eigenvalue weighted by Crippen LogP contribution is 2.23. The van der Waals surface area contributed by atoms with Gasteiger partial charge in [-0.05, 0) is 19.1 Å². The van der Waals surface area contributed by atoms with Crippen LogP contribution in [0.1, 0.15) is 52.9 Å². The van der Waals surface area contributed by atoms with Crippen LogP contribution in [0.2, 0.25) is 0 Å². The zero-order valence-corrected chi connectivity index (χ0v) is 12.9. The number of rotatable bonds is 3. The number of aromatic carboxylic acids is 1. The molecule has 6 nitrogen and oxygen atoms in total. The van der Waals surface area contributed by atoms with Crippen molar-refractivity contribution in [3.8, 4) is 0 Å². The number of amides is 1. The molecule has 0 saturated carbocycles. The lowest BCUT2D eigenvalue weighted by atomic mass is 9.93. The summed E-state index contributed by atoms with van der Waals surface area (Å²) in [5, 5.41) is 15.5. The summed E-state index contributed by atoms with van der Waals surface area (Å²) in [6, 6.07) is 6.35. The number of carbonyl (C=O) groups excluding carboxylic acids is 1. The molecule has 0 aliphatic heterocycles. The SMILES string of the molecule is Cc1ccc(NC(=O)c2cc(C(C)(C)C)on2)c(C(=O)O)c1. The second-order valence-corrected chi connectivity index (χ2v) is 6.13. The van der Waals surface area contributed by atoms with E-state index in [1.54, 1.807) is 25.1 Å². The van der Waals surface area contributed by atoms with E-state index in [1.807, 2.05) is 20.8 Å². The maximum absolute atomic E-state index is 12.2. The zero-order chi connectivity index (χ0) is 16.5. The zero-order valence-electron chi connectivity index (χ0n) is 12.9. The number of carboxylic acid groups (broad SMARTS) is 1. The number of hydrogen-bond donors (Lipinski definition) is 2. The first-order valence-electron chi connectivity index (χ1n) is 6.81. The molecule has 0 aliphatic carbocycles. The Labute approximate surface area is 128 Å². The highest BCUT2D eigenvalue weighted by atomic mass is 16.5. The van der Waals surface area contributed by atoms with E-state index in [9.17, 15) is 14.7 Å². The quantitative estimate of drug-likeness (QED) is 0.908. The van der Waals surface area contributed by atoms with E-state index >= 15 is 0 Å². The van der Waals surface area contributed by atoms with Crippen molar-refractivity contribution in [1.29, 1.82) is 0 Å². The van der Waals surface area contributed by atoms with Crippen LogP contribution in [0.4, 0.5) is 5.69 Å². The number of aryl methyl sites for hydroxylation is 1. The molecule has 0 spiro atoms. The molecule has 1 heterocycles. The second-order valence-electron chi connectivity index (χ2n) is 6.13. The molecule has 0 saturated heterocycles. The van der Waals surface area contributed by atoms with Crippen molar-refractivity contribution in [2.75, 3.05) is 5.32 Å². The van der Waals surface area contributed by atoms with E-state index in [0.717, 1.165) is 5.56 Å². The van der Waals surface area contributed by atoms with Gasteiger partial charge in [-0.15, -0.1) is 0 Å². The summed E-state index contributed by atoms with van der Waals surface area (Å²) < 4.78 is 5.16. The molecule has 1 amide bonds. The summed E-state index contributed by atoms with van der Waals surface area (Å²) in [5.74, 6) is -1.03. The number of carboxylic acids is 1. The Balaban J connectivity index is 2.26. The molecule has 22 heavy (non-hydrogen) atoms. The number of hydrogen-bond acceptors (Lipinski definition) is 4. The number of anilines is 1. The van der Waals surface area contributed by atoms with Gasteiger partial charge in [0.1, 0.15) is 5.76 Å². The van der Waals surface area contributed by atoms with Gasteiger partial charge in [-0.25, -0.2) is 4.79 Å². The first-order valence-corrected chi connectivity index (χ1v) is 6.81. The maximum atomic E-state index is 12.2. The Morgan fingerprint density at radius 3 is 2.45 bits per heavy atom. The minimum atomic E-state index is -1.10. The summed E-state index contributed by atoms with van der Waals surface area (Å²) in [7, 11) is 0. The Morgan fingerprint density at radius 2 is 1.91 bits per heavy atom. The molecule has 0 fully saturated rings. The fourth-order valence-electron chi connectivity index (χ4n) is 1.87. The van der Waals surface area contributed by atoms with Gasteiger partial charge in [-0.1, -0.05) is 37.6 Å². The van der Waals surface area contributed by atoms with Crippen LogP contribution >= 0.6 is 0 Å². The molecule has 116 valence electrons. The molecule has 0 unspecified atom stereocenters. The van der Waals surface area contributed by atoms with Crippen molar-refractivity contribution in [3.63, 3.8) is 0 Å². The minimum Gasteiger partial charge on any atom is -0.478 e. The van der Waals surface area contributed by atoms with Crippen LogP contribution in [0.25, 0.3) is 0 Å². The van der Waals surface area contributed by atoms with Crippen molar-refractivity contribution in [2.24, 2.45) is 0 Å². The summed E-state index contributed by atoms with van der Waals surface area (Å²) in [4.78, 5) is 23.4. The molecular weight excluding hydrogens is 284 g/mol. The summed E-state index contributed by atoms with van der Waals surface area (Å²) >= 11 is 0. The van der Waals surface area contributed by atoms with Crippen molar-refractivity contribution < 1.29 is 19.2 Å². The molecule has 1 aromatic heterocycles. The average Bonchev–Trinajstić information content (AvgIpc) is 2.90. The van der Waals surface area contributed by atoms with Crippen LogP contribution in [-0.4, -0.2) is 22.1 Å². The molecule has 0 bridgehead atoms. The summed E-state index contributed by atoms with van der Waals surface area (Å²) in [6.45, 7) is 7.61. The molecule has 2 aromatic rings. The third-order valence-corrected chi connectivity index (χ3v) is 3.14. The van der Waals surface area contributed by atoms with Crippen molar-refractivity contribution in [1.82, 2.24) is 5.16 Å². The highest BCUT2D eigenvalue weighted by Gasteiger charge is 2.23. The van der Waals surface area contributed by atoms with Gasteiger partial charge in [0.05, 0.1) is 11.3 Å². The Bertz CT molecular complexity index is 726. The van der Waals surface area contributed by atoms with Crippen LogP contribution in [0.15, 0.2) is 28.8 Å². The van der Waals surface area contributed by atoms with E-state index in [1.165, 1.54) is 6.07 Å². The van der Waals surface area contributed by atoms with Gasteiger partial charge in [0.2, 0.25) is 0 Å². The highest BCUT2D eigenvalue weighted by molar-refractivity contribution is 6.06. The van der Waals surface area contributed by atoms with Crippen molar-refractivity contribution in [3.05, 3.63) is 46.8 Å². The minimum absolute atomic E-state index is 0.0351. The third kappa shape index (κ3) is 3.33. The van der Waals surface area contributed by atoms with E-state index in [0.29, 0.717) is 5.76 Å². The van der Waals surface area contributed by atoms with Crippen LogP contribution in [-0.2, 0) is 5.41 Å². The first kappa shape index (κ1) is 15.8. The maximum Gasteiger partial charge on any atom is 0.337 e. The number of carbonyl (C=O) groups is 2. The number of aromatic nitrogens is 1. The fourth-order valence-corrected chi connectivity index (χ4v) is 1.87. The largest absolute Gasteiger partial charge is 0.478 e. The Hall–Kier alpha value is -2.63. The Morgan fingerprint density at radius 1 is 1.23 bits per heavy atom. The second kappa shape index (κ2) is 5.63. The molecule has 1 aromatic carbocycles. The predicted octanol–water partition coefficient (Wildman–Crippen LogP) is 3.23. The molecule has 2 rings (SSSR count). The lowest BCUT2D eigenvalue weighted by molar-refractivity contribution is 0.0698. The average molecular weight is 302 g/mol. The monoisotopic (exact) mass is 302 g/mol. The van der Waals surface area contributed by atoms with E-state index in [4.69, 9.17) is 4.52 Å². The molecule has 0 radical (unpaired) electrons. The van der Waals surface area contributed by atoms with E-state index in [-0.39, 0.29) is 22.4 Å². The van der Waals surface area contributed by atoms with Crippen LogP contribution in [0.3, 0.4) is 0 Å². The standard InChI is InChI=1S/C16H18N2O4/c1-9-5-6-11(10(7-9)15(20)21)17-14(19)12-8-13(22-18-12)16(2,3)4/h5-8H,1-4H3,(H,17,19)(H,20,21). The summed E-state index contributed by atoms with van der Waals surface area (Å²) in [6.07, 6.45) is 0. The topological polar surface area (TPSA) is 92.4 Å².